The summed E-state index contributed by atoms with van der Waals surface area (Å²) in [6.45, 7) is 0.743. The van der Waals surface area contributed by atoms with Crippen LogP contribution in [0.25, 0.3) is 0 Å². The van der Waals surface area contributed by atoms with Crippen molar-refractivity contribution in [3.8, 4) is 5.75 Å². The molecule has 0 amide bonds. The fourth-order valence-corrected chi connectivity index (χ4v) is 2.20. The minimum absolute atomic E-state index is 0.530. The summed E-state index contributed by atoms with van der Waals surface area (Å²) in [6, 6.07) is 5.51. The van der Waals surface area contributed by atoms with Crippen LogP contribution in [0.1, 0.15) is 23.5 Å². The molecule has 0 saturated heterocycles. The fourth-order valence-electron chi connectivity index (χ4n) is 2.20. The second-order valence-corrected chi connectivity index (χ2v) is 4.23. The van der Waals surface area contributed by atoms with Gasteiger partial charge in [-0.05, 0) is 30.0 Å². The lowest BCUT2D eigenvalue weighted by Crippen LogP contribution is -2.08. The Balaban J connectivity index is 1.91. The van der Waals surface area contributed by atoms with Crippen molar-refractivity contribution in [2.45, 2.75) is 31.1 Å². The fraction of sp³-hybridized carbons (Fsp3) is 0.500. The quantitative estimate of drug-likeness (QED) is 0.692. The predicted molar refractivity (Wildman–Crippen MR) is 52.8 cm³/mol. The van der Waals surface area contributed by atoms with Crippen LogP contribution in [-0.2, 0) is 6.42 Å². The standard InChI is InChI=1S/C12H12F2O/c13-11-10(12(11)14)8-3-4-9-7(6-8)2-1-5-15-9/h3-4,6,10-12H,1-2,5H2. The molecule has 2 aliphatic rings. The highest BCUT2D eigenvalue weighted by Crippen LogP contribution is 2.47. The molecule has 1 aromatic carbocycles. The van der Waals surface area contributed by atoms with Gasteiger partial charge in [-0.3, -0.25) is 0 Å². The minimum atomic E-state index is -1.30. The summed E-state index contributed by atoms with van der Waals surface area (Å²) in [5, 5.41) is 0. The molecule has 0 N–H and O–H groups in total. The maximum absolute atomic E-state index is 12.9. The topological polar surface area (TPSA) is 9.23 Å². The zero-order chi connectivity index (χ0) is 10.4. The molecule has 3 rings (SSSR count). The highest BCUT2D eigenvalue weighted by Gasteiger charge is 2.53. The Bertz CT molecular complexity index is 383. The lowest BCUT2D eigenvalue weighted by molar-refractivity contribution is 0.288. The van der Waals surface area contributed by atoms with Crippen molar-refractivity contribution in [3.63, 3.8) is 0 Å². The molecule has 3 heteroatoms. The van der Waals surface area contributed by atoms with Crippen LogP contribution in [0.15, 0.2) is 18.2 Å². The van der Waals surface area contributed by atoms with Gasteiger partial charge in [-0.15, -0.1) is 0 Å². The predicted octanol–water partition coefficient (Wildman–Crippen LogP) is 2.79. The van der Waals surface area contributed by atoms with E-state index in [-0.39, 0.29) is 0 Å². The number of rotatable bonds is 1. The molecule has 0 bridgehead atoms. The van der Waals surface area contributed by atoms with Crippen LogP contribution >= 0.6 is 0 Å². The highest BCUT2D eigenvalue weighted by molar-refractivity contribution is 5.42. The van der Waals surface area contributed by atoms with E-state index in [1.54, 1.807) is 6.07 Å². The third-order valence-corrected chi connectivity index (χ3v) is 3.17. The molecule has 1 aliphatic carbocycles. The van der Waals surface area contributed by atoms with Gasteiger partial charge in [0.2, 0.25) is 0 Å². The van der Waals surface area contributed by atoms with Gasteiger partial charge in [0.1, 0.15) is 18.1 Å². The highest BCUT2D eigenvalue weighted by atomic mass is 19.2. The average molecular weight is 210 g/mol. The van der Waals surface area contributed by atoms with Crippen molar-refractivity contribution in [2.24, 2.45) is 0 Å². The second kappa shape index (κ2) is 3.19. The van der Waals surface area contributed by atoms with E-state index in [1.165, 1.54) is 0 Å². The van der Waals surface area contributed by atoms with Crippen LogP contribution in [0.2, 0.25) is 0 Å². The van der Waals surface area contributed by atoms with Crippen LogP contribution in [0, 0.1) is 0 Å². The first kappa shape index (κ1) is 9.13. The van der Waals surface area contributed by atoms with Crippen molar-refractivity contribution in [1.82, 2.24) is 0 Å². The third kappa shape index (κ3) is 1.41. The number of ether oxygens (including phenoxy) is 1. The van der Waals surface area contributed by atoms with Crippen molar-refractivity contribution in [1.29, 1.82) is 0 Å². The Morgan fingerprint density at radius 2 is 2.00 bits per heavy atom. The number of fused-ring (bicyclic) bond motifs is 1. The molecule has 2 unspecified atom stereocenters. The van der Waals surface area contributed by atoms with E-state index in [9.17, 15) is 8.78 Å². The van der Waals surface area contributed by atoms with Gasteiger partial charge in [-0.2, -0.15) is 0 Å². The first-order valence-electron chi connectivity index (χ1n) is 5.31. The number of hydrogen-bond donors (Lipinski definition) is 0. The molecule has 1 aliphatic heterocycles. The van der Waals surface area contributed by atoms with E-state index in [2.05, 4.69) is 0 Å². The summed E-state index contributed by atoms with van der Waals surface area (Å²) in [7, 11) is 0. The first-order valence-corrected chi connectivity index (χ1v) is 5.31. The van der Waals surface area contributed by atoms with Gasteiger partial charge in [0.15, 0.2) is 0 Å². The van der Waals surface area contributed by atoms with Crippen molar-refractivity contribution < 1.29 is 13.5 Å². The Hall–Kier alpha value is -1.12. The molecule has 1 heterocycles. The van der Waals surface area contributed by atoms with Crippen molar-refractivity contribution in [3.05, 3.63) is 29.3 Å². The van der Waals surface area contributed by atoms with E-state index < -0.39 is 18.3 Å². The Morgan fingerprint density at radius 1 is 1.20 bits per heavy atom. The van der Waals surface area contributed by atoms with Gasteiger partial charge >= 0.3 is 0 Å². The lowest BCUT2D eigenvalue weighted by atomic mass is 10.0. The minimum Gasteiger partial charge on any atom is -0.493 e. The van der Waals surface area contributed by atoms with E-state index in [4.69, 9.17) is 4.74 Å². The van der Waals surface area contributed by atoms with Gasteiger partial charge in [0.05, 0.1) is 12.5 Å². The SMILES string of the molecule is FC1C(F)C1c1ccc2c(c1)CCCO2. The molecule has 0 spiro atoms. The maximum Gasteiger partial charge on any atom is 0.142 e. The van der Waals surface area contributed by atoms with Crippen LogP contribution < -0.4 is 4.74 Å². The van der Waals surface area contributed by atoms with Gasteiger partial charge in [0.25, 0.3) is 0 Å². The molecule has 1 fully saturated rings. The molecule has 1 nitrogen and oxygen atoms in total. The van der Waals surface area contributed by atoms with Gasteiger partial charge in [-0.1, -0.05) is 12.1 Å². The lowest BCUT2D eigenvalue weighted by Gasteiger charge is -2.17. The number of hydrogen-bond acceptors (Lipinski definition) is 1. The molecule has 15 heavy (non-hydrogen) atoms. The monoisotopic (exact) mass is 210 g/mol. The Kier molecular flexibility index (Phi) is 1.94. The number of alkyl halides is 2. The van der Waals surface area contributed by atoms with Gasteiger partial charge in [-0.25, -0.2) is 8.78 Å². The largest absolute Gasteiger partial charge is 0.493 e. The zero-order valence-electron chi connectivity index (χ0n) is 8.25. The van der Waals surface area contributed by atoms with E-state index in [0.717, 1.165) is 36.3 Å². The summed E-state index contributed by atoms with van der Waals surface area (Å²) in [5.41, 5.74) is 1.87. The van der Waals surface area contributed by atoms with Crippen molar-refractivity contribution in [2.75, 3.05) is 6.61 Å². The summed E-state index contributed by atoms with van der Waals surface area (Å²) < 4.78 is 31.2. The molecule has 1 aromatic rings. The summed E-state index contributed by atoms with van der Waals surface area (Å²) in [5.74, 6) is 0.341. The third-order valence-electron chi connectivity index (χ3n) is 3.17. The molecular formula is C12H12F2O. The summed E-state index contributed by atoms with van der Waals surface area (Å²) in [4.78, 5) is 0. The van der Waals surface area contributed by atoms with Crippen molar-refractivity contribution >= 4 is 0 Å². The van der Waals surface area contributed by atoms with Gasteiger partial charge < -0.3 is 4.74 Å². The number of halogens is 2. The number of benzene rings is 1. The molecule has 1 saturated carbocycles. The zero-order valence-corrected chi connectivity index (χ0v) is 8.25. The van der Waals surface area contributed by atoms with E-state index >= 15 is 0 Å². The molecule has 0 radical (unpaired) electrons. The van der Waals surface area contributed by atoms with Crippen LogP contribution in [0.3, 0.4) is 0 Å². The maximum atomic E-state index is 12.9. The smallest absolute Gasteiger partial charge is 0.142 e. The molecular weight excluding hydrogens is 198 g/mol. The molecule has 0 aromatic heterocycles. The van der Waals surface area contributed by atoms with Gasteiger partial charge in [0, 0.05) is 0 Å². The normalized spacial score (nSPS) is 33.1. The van der Waals surface area contributed by atoms with E-state index in [1.807, 2.05) is 12.1 Å². The Morgan fingerprint density at radius 3 is 2.73 bits per heavy atom. The average Bonchev–Trinajstić information content (AvgIpc) is 2.86. The van der Waals surface area contributed by atoms with Crippen LogP contribution in [-0.4, -0.2) is 19.0 Å². The summed E-state index contributed by atoms with van der Waals surface area (Å²) in [6.07, 6.45) is -0.664. The van der Waals surface area contributed by atoms with Crippen LogP contribution in [0.5, 0.6) is 5.75 Å². The molecule has 80 valence electrons. The second-order valence-electron chi connectivity index (χ2n) is 4.23. The van der Waals surface area contributed by atoms with E-state index in [0.29, 0.717) is 0 Å². The first-order chi connectivity index (χ1) is 7.27. The molecule has 2 atom stereocenters. The summed E-state index contributed by atoms with van der Waals surface area (Å²) >= 11 is 0. The number of aryl methyl sites for hydroxylation is 1. The van der Waals surface area contributed by atoms with Crippen LogP contribution in [0.4, 0.5) is 8.78 Å². The Labute approximate surface area is 87.1 Å².